The van der Waals surface area contributed by atoms with Crippen LogP contribution in [0.3, 0.4) is 0 Å². The molecule has 4 heterocycles. The maximum absolute atomic E-state index is 12.2. The number of thiophene rings is 1. The lowest BCUT2D eigenvalue weighted by Crippen LogP contribution is -2.23. The smallest absolute Gasteiger partial charge is 0.309 e. The van der Waals surface area contributed by atoms with Gasteiger partial charge in [0.25, 0.3) is 0 Å². The van der Waals surface area contributed by atoms with Crippen molar-refractivity contribution in [1.29, 1.82) is 0 Å². The standard InChI is InChI=1S/C24H23N5O2S2/c1-5-17(24(30)31)20-21-28-27-14(4)29(21)23-18(12(2)13(3)33-23)19(26-20)15-6-8-16(9-7-15)22-25-10-11-32-22/h6-11,17,20H,5H2,1-4H3,(H,30,31)/t17-,20?/m0/s1. The zero-order valence-electron chi connectivity index (χ0n) is 18.7. The Bertz CT molecular complexity index is 1370. The minimum atomic E-state index is -0.880. The summed E-state index contributed by atoms with van der Waals surface area (Å²) < 4.78 is 2.00. The monoisotopic (exact) mass is 477 g/mol. The average molecular weight is 478 g/mol. The van der Waals surface area contributed by atoms with Crippen LogP contribution in [0.2, 0.25) is 0 Å². The predicted octanol–water partition coefficient (Wildman–Crippen LogP) is 5.38. The highest BCUT2D eigenvalue weighted by atomic mass is 32.1. The van der Waals surface area contributed by atoms with Crippen molar-refractivity contribution in [3.05, 3.63) is 69.1 Å². The van der Waals surface area contributed by atoms with E-state index in [9.17, 15) is 9.90 Å². The van der Waals surface area contributed by atoms with E-state index in [2.05, 4.69) is 29.0 Å². The number of benzene rings is 1. The number of aliphatic carboxylic acids is 1. The van der Waals surface area contributed by atoms with E-state index >= 15 is 0 Å². The molecule has 4 aromatic rings. The van der Waals surface area contributed by atoms with E-state index in [1.807, 2.05) is 48.1 Å². The molecule has 9 heteroatoms. The van der Waals surface area contributed by atoms with E-state index in [0.717, 1.165) is 43.8 Å². The normalized spacial score (nSPS) is 16.0. The van der Waals surface area contributed by atoms with Crippen LogP contribution in [0.1, 0.15) is 52.6 Å². The summed E-state index contributed by atoms with van der Waals surface area (Å²) in [5.41, 5.74) is 4.95. The molecule has 3 aromatic heterocycles. The summed E-state index contributed by atoms with van der Waals surface area (Å²) in [4.78, 5) is 22.9. The topological polar surface area (TPSA) is 93.3 Å². The van der Waals surface area contributed by atoms with Crippen molar-refractivity contribution < 1.29 is 9.90 Å². The van der Waals surface area contributed by atoms with E-state index < -0.39 is 17.9 Å². The molecular weight excluding hydrogens is 454 g/mol. The third-order valence-electron chi connectivity index (χ3n) is 6.16. The van der Waals surface area contributed by atoms with Gasteiger partial charge in [-0.05, 0) is 32.8 Å². The Morgan fingerprint density at radius 1 is 1.15 bits per heavy atom. The summed E-state index contributed by atoms with van der Waals surface area (Å²) in [6, 6.07) is 7.55. The van der Waals surface area contributed by atoms with Crippen molar-refractivity contribution in [3.8, 4) is 15.6 Å². The predicted molar refractivity (Wildman–Crippen MR) is 131 cm³/mol. The quantitative estimate of drug-likeness (QED) is 0.416. The van der Waals surface area contributed by atoms with Crippen LogP contribution < -0.4 is 0 Å². The minimum Gasteiger partial charge on any atom is -0.481 e. The Balaban J connectivity index is 1.75. The highest BCUT2D eigenvalue weighted by molar-refractivity contribution is 7.15. The van der Waals surface area contributed by atoms with Crippen LogP contribution in [-0.2, 0) is 4.79 Å². The second-order valence-electron chi connectivity index (χ2n) is 8.09. The van der Waals surface area contributed by atoms with Crippen LogP contribution in [0.15, 0.2) is 40.8 Å². The van der Waals surface area contributed by atoms with Crippen molar-refractivity contribution in [2.75, 3.05) is 0 Å². The molecule has 1 N–H and O–H groups in total. The Kier molecular flexibility index (Phi) is 5.46. The van der Waals surface area contributed by atoms with Gasteiger partial charge in [0.15, 0.2) is 5.82 Å². The molecule has 1 aliphatic rings. The Morgan fingerprint density at radius 2 is 1.88 bits per heavy atom. The lowest BCUT2D eigenvalue weighted by molar-refractivity contribution is -0.142. The maximum atomic E-state index is 12.2. The first-order chi connectivity index (χ1) is 15.9. The number of carboxylic acids is 1. The van der Waals surface area contributed by atoms with E-state index in [1.54, 1.807) is 28.9 Å². The molecule has 0 fully saturated rings. The fraction of sp³-hybridized carbons (Fsp3) is 0.292. The molecule has 0 radical (unpaired) electrons. The second kappa shape index (κ2) is 8.31. The van der Waals surface area contributed by atoms with Gasteiger partial charge in [0.05, 0.1) is 11.6 Å². The molecule has 0 bridgehead atoms. The lowest BCUT2D eigenvalue weighted by Gasteiger charge is -2.18. The number of rotatable bonds is 5. The van der Waals surface area contributed by atoms with Gasteiger partial charge in [0.2, 0.25) is 0 Å². The number of aromatic nitrogens is 4. The van der Waals surface area contributed by atoms with Crippen molar-refractivity contribution in [2.45, 2.75) is 40.2 Å². The first-order valence-corrected chi connectivity index (χ1v) is 12.4. The second-order valence-corrected chi connectivity index (χ2v) is 10.2. The number of thiazole rings is 1. The third-order valence-corrected chi connectivity index (χ3v) is 8.18. The molecule has 2 atom stereocenters. The summed E-state index contributed by atoms with van der Waals surface area (Å²) in [6.07, 6.45) is 2.24. The van der Waals surface area contributed by atoms with Crippen LogP contribution in [0.5, 0.6) is 0 Å². The number of fused-ring (bicyclic) bond motifs is 3. The zero-order valence-corrected chi connectivity index (χ0v) is 20.4. The van der Waals surface area contributed by atoms with Crippen LogP contribution >= 0.6 is 22.7 Å². The van der Waals surface area contributed by atoms with E-state index in [-0.39, 0.29) is 0 Å². The number of hydrogen-bond donors (Lipinski definition) is 1. The van der Waals surface area contributed by atoms with Gasteiger partial charge in [-0.25, -0.2) is 4.98 Å². The molecule has 5 rings (SSSR count). The Hall–Kier alpha value is -3.17. The highest BCUT2D eigenvalue weighted by Crippen LogP contribution is 2.41. The van der Waals surface area contributed by atoms with Crippen LogP contribution in [-0.4, -0.2) is 36.5 Å². The molecule has 168 valence electrons. The SMILES string of the molecule is CC[C@H](C(=O)O)C1N=C(c2ccc(-c3nccs3)cc2)c2c(sc(C)c2C)-n2c(C)nnc21. The van der Waals surface area contributed by atoms with Crippen LogP contribution in [0.4, 0.5) is 0 Å². The molecular formula is C24H23N5O2S2. The number of carboxylic acid groups (broad SMARTS) is 1. The molecule has 7 nitrogen and oxygen atoms in total. The number of aliphatic imine (C=N–C) groups is 1. The third kappa shape index (κ3) is 3.52. The Labute approximate surface area is 199 Å². The summed E-state index contributed by atoms with van der Waals surface area (Å²) in [6.45, 7) is 7.97. The van der Waals surface area contributed by atoms with Gasteiger partial charge < -0.3 is 5.11 Å². The number of nitrogens with zero attached hydrogens (tertiary/aromatic N) is 5. The molecule has 0 spiro atoms. The maximum Gasteiger partial charge on any atom is 0.309 e. The lowest BCUT2D eigenvalue weighted by atomic mass is 9.95. The largest absolute Gasteiger partial charge is 0.481 e. The molecule has 0 amide bonds. The molecule has 33 heavy (non-hydrogen) atoms. The molecule has 0 saturated heterocycles. The fourth-order valence-electron chi connectivity index (χ4n) is 4.29. The van der Waals surface area contributed by atoms with Gasteiger partial charge in [-0.3, -0.25) is 14.4 Å². The van der Waals surface area contributed by atoms with E-state index in [0.29, 0.717) is 12.2 Å². The molecule has 1 aromatic carbocycles. The van der Waals surface area contributed by atoms with Crippen molar-refractivity contribution in [1.82, 2.24) is 19.7 Å². The number of carbonyl (C=O) groups is 1. The van der Waals surface area contributed by atoms with Gasteiger partial charge in [-0.1, -0.05) is 31.2 Å². The fourth-order valence-corrected chi connectivity index (χ4v) is 6.14. The van der Waals surface area contributed by atoms with Crippen molar-refractivity contribution in [3.63, 3.8) is 0 Å². The highest BCUT2D eigenvalue weighted by Gasteiger charge is 2.37. The van der Waals surface area contributed by atoms with E-state index in [1.165, 1.54) is 4.88 Å². The summed E-state index contributed by atoms with van der Waals surface area (Å²) in [7, 11) is 0. The van der Waals surface area contributed by atoms with Crippen molar-refractivity contribution in [2.24, 2.45) is 10.9 Å². The van der Waals surface area contributed by atoms with Gasteiger partial charge in [-0.2, -0.15) is 0 Å². The zero-order chi connectivity index (χ0) is 23.3. The molecule has 0 saturated carbocycles. The van der Waals surface area contributed by atoms with Crippen LogP contribution in [0, 0.1) is 26.7 Å². The van der Waals surface area contributed by atoms with Gasteiger partial charge in [0.1, 0.15) is 21.9 Å². The summed E-state index contributed by atoms with van der Waals surface area (Å²) in [5.74, 6) is -0.269. The number of aryl methyl sites for hydroxylation is 2. The van der Waals surface area contributed by atoms with Crippen LogP contribution in [0.25, 0.3) is 15.6 Å². The first kappa shape index (κ1) is 21.7. The first-order valence-electron chi connectivity index (χ1n) is 10.7. The molecule has 0 aliphatic carbocycles. The molecule has 1 aliphatic heterocycles. The van der Waals surface area contributed by atoms with Gasteiger partial charge in [0, 0.05) is 33.1 Å². The van der Waals surface area contributed by atoms with E-state index in [4.69, 9.17) is 4.99 Å². The summed E-state index contributed by atoms with van der Waals surface area (Å²) >= 11 is 3.26. The number of hydrogen-bond acceptors (Lipinski definition) is 7. The Morgan fingerprint density at radius 3 is 2.52 bits per heavy atom. The van der Waals surface area contributed by atoms with Gasteiger partial charge >= 0.3 is 5.97 Å². The van der Waals surface area contributed by atoms with Gasteiger partial charge in [-0.15, -0.1) is 32.9 Å². The molecule has 1 unspecified atom stereocenters. The van der Waals surface area contributed by atoms with Crippen molar-refractivity contribution >= 4 is 34.4 Å². The minimum absolute atomic E-state index is 0.442. The average Bonchev–Trinajstić information content (AvgIpc) is 3.50. The summed E-state index contributed by atoms with van der Waals surface area (Å²) in [5, 5.41) is 22.6.